The molecule has 1 rings (SSSR count). The molecular formula is C11H18N2. The average Bonchev–Trinajstić information content (AvgIpc) is 2.09. The quantitative estimate of drug-likeness (QED) is 0.742. The average molecular weight is 178 g/mol. The molecule has 0 aromatic heterocycles. The minimum absolute atomic E-state index is 0.673. The summed E-state index contributed by atoms with van der Waals surface area (Å²) in [4.78, 5) is 0. The molecule has 3 N–H and O–H groups in total. The lowest BCUT2D eigenvalue weighted by Gasteiger charge is -2.11. The molecule has 0 aliphatic heterocycles. The molecule has 0 aliphatic carbocycles. The Hall–Kier alpha value is -1.02. The fourth-order valence-corrected chi connectivity index (χ4v) is 1.36. The fraction of sp³-hybridized carbons (Fsp3) is 0.455. The second kappa shape index (κ2) is 4.28. The Bertz CT molecular complexity index is 292. The van der Waals surface area contributed by atoms with Crippen LogP contribution in [0.25, 0.3) is 0 Å². The van der Waals surface area contributed by atoms with E-state index in [-0.39, 0.29) is 0 Å². The van der Waals surface area contributed by atoms with Gasteiger partial charge in [-0.15, -0.1) is 0 Å². The van der Waals surface area contributed by atoms with Crippen molar-refractivity contribution in [3.63, 3.8) is 0 Å². The summed E-state index contributed by atoms with van der Waals surface area (Å²) < 4.78 is 0. The van der Waals surface area contributed by atoms with Gasteiger partial charge in [-0.3, -0.25) is 0 Å². The van der Waals surface area contributed by atoms with Gasteiger partial charge in [-0.1, -0.05) is 6.07 Å². The van der Waals surface area contributed by atoms with Crippen molar-refractivity contribution in [3.05, 3.63) is 28.8 Å². The molecule has 2 heteroatoms. The summed E-state index contributed by atoms with van der Waals surface area (Å²) in [5, 5.41) is 3.31. The number of rotatable bonds is 3. The van der Waals surface area contributed by atoms with Crippen LogP contribution in [0.1, 0.15) is 16.7 Å². The van der Waals surface area contributed by atoms with Crippen molar-refractivity contribution in [2.45, 2.75) is 20.8 Å². The van der Waals surface area contributed by atoms with Gasteiger partial charge in [0.05, 0.1) is 0 Å². The van der Waals surface area contributed by atoms with Crippen LogP contribution >= 0.6 is 0 Å². The van der Waals surface area contributed by atoms with E-state index in [0.29, 0.717) is 6.54 Å². The van der Waals surface area contributed by atoms with Crippen molar-refractivity contribution in [2.75, 3.05) is 18.4 Å². The first kappa shape index (κ1) is 10.1. The predicted octanol–water partition coefficient (Wildman–Crippen LogP) is 1.98. The highest BCUT2D eigenvalue weighted by Crippen LogP contribution is 2.19. The molecule has 0 bridgehead atoms. The van der Waals surface area contributed by atoms with Crippen LogP contribution in [-0.4, -0.2) is 13.1 Å². The van der Waals surface area contributed by atoms with E-state index in [0.717, 1.165) is 6.54 Å². The van der Waals surface area contributed by atoms with Gasteiger partial charge in [0, 0.05) is 18.8 Å². The lowest BCUT2D eigenvalue weighted by Crippen LogP contribution is -2.13. The van der Waals surface area contributed by atoms with E-state index in [1.54, 1.807) is 0 Å². The minimum atomic E-state index is 0.673. The minimum Gasteiger partial charge on any atom is -0.384 e. The molecule has 0 radical (unpaired) electrons. The molecule has 72 valence electrons. The maximum Gasteiger partial charge on any atom is 0.0373 e. The Morgan fingerprint density at radius 2 is 1.69 bits per heavy atom. The first-order chi connectivity index (χ1) is 6.15. The standard InChI is InChI=1S/C11H18N2/c1-8-6-10(3)11(7-9(8)2)13-5-4-12/h6-7,13H,4-5,12H2,1-3H3. The Morgan fingerprint density at radius 1 is 1.08 bits per heavy atom. The molecule has 2 nitrogen and oxygen atoms in total. The zero-order valence-electron chi connectivity index (χ0n) is 8.65. The molecule has 0 saturated carbocycles. The summed E-state index contributed by atoms with van der Waals surface area (Å²) in [5.74, 6) is 0. The first-order valence-corrected chi connectivity index (χ1v) is 4.67. The lowest BCUT2D eigenvalue weighted by molar-refractivity contribution is 1.02. The van der Waals surface area contributed by atoms with Gasteiger partial charge >= 0.3 is 0 Å². The lowest BCUT2D eigenvalue weighted by atomic mass is 10.1. The normalized spacial score (nSPS) is 10.2. The van der Waals surface area contributed by atoms with Crippen molar-refractivity contribution in [3.8, 4) is 0 Å². The predicted molar refractivity (Wildman–Crippen MR) is 58.2 cm³/mol. The monoisotopic (exact) mass is 178 g/mol. The first-order valence-electron chi connectivity index (χ1n) is 4.67. The van der Waals surface area contributed by atoms with Gasteiger partial charge in [0.2, 0.25) is 0 Å². The largest absolute Gasteiger partial charge is 0.384 e. The number of nitrogens with two attached hydrogens (primary N) is 1. The van der Waals surface area contributed by atoms with Gasteiger partial charge in [-0.25, -0.2) is 0 Å². The van der Waals surface area contributed by atoms with Crippen molar-refractivity contribution >= 4 is 5.69 Å². The van der Waals surface area contributed by atoms with Gasteiger partial charge in [0.25, 0.3) is 0 Å². The van der Waals surface area contributed by atoms with E-state index in [2.05, 4.69) is 38.2 Å². The van der Waals surface area contributed by atoms with Crippen LogP contribution in [0.4, 0.5) is 5.69 Å². The third-order valence-electron chi connectivity index (χ3n) is 2.30. The number of benzene rings is 1. The molecule has 1 aromatic rings. The van der Waals surface area contributed by atoms with Crippen LogP contribution in [-0.2, 0) is 0 Å². The van der Waals surface area contributed by atoms with Crippen LogP contribution < -0.4 is 11.1 Å². The smallest absolute Gasteiger partial charge is 0.0373 e. The number of nitrogens with one attached hydrogen (secondary N) is 1. The van der Waals surface area contributed by atoms with Crippen LogP contribution in [0.3, 0.4) is 0 Å². The molecule has 0 heterocycles. The van der Waals surface area contributed by atoms with Gasteiger partial charge < -0.3 is 11.1 Å². The maximum atomic E-state index is 5.43. The third-order valence-corrected chi connectivity index (χ3v) is 2.30. The summed E-state index contributed by atoms with van der Waals surface area (Å²) in [6, 6.07) is 4.38. The van der Waals surface area contributed by atoms with Gasteiger partial charge in [0.1, 0.15) is 0 Å². The number of aryl methyl sites for hydroxylation is 3. The van der Waals surface area contributed by atoms with Crippen LogP contribution in [0.15, 0.2) is 12.1 Å². The SMILES string of the molecule is Cc1cc(C)c(NCCN)cc1C. The number of hydrogen-bond donors (Lipinski definition) is 2. The van der Waals surface area contributed by atoms with E-state index in [9.17, 15) is 0 Å². The zero-order chi connectivity index (χ0) is 9.84. The van der Waals surface area contributed by atoms with Crippen molar-refractivity contribution < 1.29 is 0 Å². The van der Waals surface area contributed by atoms with Gasteiger partial charge in [-0.05, 0) is 43.5 Å². The molecule has 13 heavy (non-hydrogen) atoms. The number of hydrogen-bond acceptors (Lipinski definition) is 2. The second-order valence-electron chi connectivity index (χ2n) is 3.47. The Kier molecular flexibility index (Phi) is 3.32. The Morgan fingerprint density at radius 3 is 2.31 bits per heavy atom. The highest BCUT2D eigenvalue weighted by atomic mass is 14.9. The third kappa shape index (κ3) is 2.46. The van der Waals surface area contributed by atoms with E-state index < -0.39 is 0 Å². The topological polar surface area (TPSA) is 38.0 Å². The highest BCUT2D eigenvalue weighted by Gasteiger charge is 1.99. The molecule has 0 saturated heterocycles. The maximum absolute atomic E-state index is 5.43. The molecule has 1 aromatic carbocycles. The summed E-state index contributed by atoms with van der Waals surface area (Å²) in [5.41, 5.74) is 10.6. The van der Waals surface area contributed by atoms with Crippen LogP contribution in [0, 0.1) is 20.8 Å². The molecule has 0 atom stereocenters. The van der Waals surface area contributed by atoms with E-state index in [4.69, 9.17) is 5.73 Å². The molecular weight excluding hydrogens is 160 g/mol. The summed E-state index contributed by atoms with van der Waals surface area (Å²) in [7, 11) is 0. The van der Waals surface area contributed by atoms with E-state index in [1.807, 2.05) is 0 Å². The van der Waals surface area contributed by atoms with Crippen LogP contribution in [0.5, 0.6) is 0 Å². The molecule has 0 spiro atoms. The van der Waals surface area contributed by atoms with Crippen molar-refractivity contribution in [2.24, 2.45) is 5.73 Å². The van der Waals surface area contributed by atoms with Crippen molar-refractivity contribution in [1.29, 1.82) is 0 Å². The number of anilines is 1. The van der Waals surface area contributed by atoms with E-state index >= 15 is 0 Å². The molecule has 0 aliphatic rings. The van der Waals surface area contributed by atoms with E-state index in [1.165, 1.54) is 22.4 Å². The molecule has 0 fully saturated rings. The zero-order valence-corrected chi connectivity index (χ0v) is 8.65. The Labute approximate surface area is 80.1 Å². The second-order valence-corrected chi connectivity index (χ2v) is 3.47. The molecule has 0 amide bonds. The van der Waals surface area contributed by atoms with Crippen LogP contribution in [0.2, 0.25) is 0 Å². The van der Waals surface area contributed by atoms with Crippen molar-refractivity contribution in [1.82, 2.24) is 0 Å². The van der Waals surface area contributed by atoms with Gasteiger partial charge in [-0.2, -0.15) is 0 Å². The summed E-state index contributed by atoms with van der Waals surface area (Å²) in [6.45, 7) is 7.89. The van der Waals surface area contributed by atoms with Gasteiger partial charge in [0.15, 0.2) is 0 Å². The molecule has 0 unspecified atom stereocenters. The summed E-state index contributed by atoms with van der Waals surface area (Å²) in [6.07, 6.45) is 0. The Balaban J connectivity index is 2.88. The highest BCUT2D eigenvalue weighted by molar-refractivity contribution is 5.54. The summed E-state index contributed by atoms with van der Waals surface area (Å²) >= 11 is 0. The fourth-order valence-electron chi connectivity index (χ4n) is 1.36.